The summed E-state index contributed by atoms with van der Waals surface area (Å²) in [6, 6.07) is 5.54. The third-order valence-corrected chi connectivity index (χ3v) is 8.44. The molecule has 3 rings (SSSR count). The maximum Gasteiger partial charge on any atom is 0.432 e. The van der Waals surface area contributed by atoms with Gasteiger partial charge in [-0.25, -0.2) is 3.97 Å². The van der Waals surface area contributed by atoms with Gasteiger partial charge in [-0.1, -0.05) is 0 Å². The van der Waals surface area contributed by atoms with Gasteiger partial charge in [-0.2, -0.15) is 21.6 Å². The Morgan fingerprint density at radius 3 is 2.42 bits per heavy atom. The highest BCUT2D eigenvalue weighted by Crippen LogP contribution is 2.37. The number of hydrogen-bond acceptors (Lipinski definition) is 8. The van der Waals surface area contributed by atoms with E-state index in [4.69, 9.17) is 20.3 Å². The van der Waals surface area contributed by atoms with E-state index in [1.165, 1.54) is 38.6 Å². The van der Waals surface area contributed by atoms with E-state index in [1.54, 1.807) is 6.07 Å². The number of nitrogens with zero attached hydrogens (tertiary/aromatic N) is 2. The van der Waals surface area contributed by atoms with Gasteiger partial charge in [-0.15, -0.1) is 11.3 Å². The fourth-order valence-corrected chi connectivity index (χ4v) is 6.14. The van der Waals surface area contributed by atoms with Crippen molar-refractivity contribution in [1.82, 2.24) is 3.97 Å². The van der Waals surface area contributed by atoms with Crippen molar-refractivity contribution in [2.75, 3.05) is 21.3 Å². The highest BCUT2D eigenvalue weighted by atomic mass is 32.2. The van der Waals surface area contributed by atoms with Gasteiger partial charge in [0.05, 0.1) is 30.3 Å². The molecule has 0 saturated heterocycles. The van der Waals surface area contributed by atoms with Crippen molar-refractivity contribution >= 4 is 49.6 Å². The molecule has 0 spiro atoms. The van der Waals surface area contributed by atoms with Gasteiger partial charge in [0.25, 0.3) is 10.0 Å². The Balaban J connectivity index is 2.14. The van der Waals surface area contributed by atoms with Crippen molar-refractivity contribution in [3.05, 3.63) is 47.0 Å². The second kappa shape index (κ2) is 10.2. The van der Waals surface area contributed by atoms with Crippen LogP contribution >= 0.6 is 11.3 Å². The minimum atomic E-state index is -4.72. The van der Waals surface area contributed by atoms with Crippen molar-refractivity contribution < 1.29 is 41.0 Å². The molecule has 0 aliphatic rings. The summed E-state index contributed by atoms with van der Waals surface area (Å²) >= 11 is 0.685. The van der Waals surface area contributed by atoms with Crippen LogP contribution in [-0.4, -0.2) is 56.6 Å². The number of carboxylic acid groups (broad SMARTS) is 1. The first-order chi connectivity index (χ1) is 16.8. The average molecular weight is 546 g/mol. The smallest absolute Gasteiger partial charge is 0.432 e. The van der Waals surface area contributed by atoms with E-state index in [-0.39, 0.29) is 38.9 Å². The highest BCUT2D eigenvalue weighted by molar-refractivity contribution is 7.92. The van der Waals surface area contributed by atoms with E-state index in [9.17, 15) is 26.4 Å². The van der Waals surface area contributed by atoms with Crippen LogP contribution in [0.4, 0.5) is 13.2 Å². The predicted octanol–water partition coefficient (Wildman–Crippen LogP) is 3.91. The predicted molar refractivity (Wildman–Crippen MR) is 129 cm³/mol. The number of hydrogen-bond donors (Lipinski definition) is 2. The number of ether oxygens (including phenoxy) is 2. The first kappa shape index (κ1) is 27.1. The van der Waals surface area contributed by atoms with Gasteiger partial charge in [0, 0.05) is 31.1 Å². The molecule has 3 N–H and O–H groups in total. The second-order valence-electron chi connectivity index (χ2n) is 7.40. The largest absolute Gasteiger partial charge is 0.493 e. The first-order valence-corrected chi connectivity index (χ1v) is 12.4. The number of aliphatic imine (C=N–C) groups is 1. The van der Waals surface area contributed by atoms with Crippen LogP contribution in [-0.2, 0) is 21.2 Å². The zero-order valence-electron chi connectivity index (χ0n) is 19.3. The summed E-state index contributed by atoms with van der Waals surface area (Å²) in [5, 5.41) is 9.54. The Morgan fingerprint density at radius 1 is 1.22 bits per heavy atom. The number of benzene rings is 1. The molecule has 0 saturated carbocycles. The van der Waals surface area contributed by atoms with Crippen molar-refractivity contribution in [3.8, 4) is 11.5 Å². The summed E-state index contributed by atoms with van der Waals surface area (Å²) in [6.07, 6.45) is -2.97. The average Bonchev–Trinajstić information content (AvgIpc) is 3.45. The van der Waals surface area contributed by atoms with E-state index in [0.717, 1.165) is 11.0 Å². The van der Waals surface area contributed by atoms with Gasteiger partial charge in [-0.3, -0.25) is 9.79 Å². The Labute approximate surface area is 208 Å². The molecule has 1 aromatic carbocycles. The van der Waals surface area contributed by atoms with Gasteiger partial charge >= 0.3 is 12.1 Å². The summed E-state index contributed by atoms with van der Waals surface area (Å²) < 4.78 is 77.5. The maximum absolute atomic E-state index is 13.5. The van der Waals surface area contributed by atoms with Crippen LogP contribution in [0.2, 0.25) is 0 Å². The number of thiophene rings is 1. The van der Waals surface area contributed by atoms with Crippen LogP contribution in [0, 0.1) is 0 Å². The minimum absolute atomic E-state index is 0.0474. The number of halogens is 3. The van der Waals surface area contributed by atoms with E-state index < -0.39 is 27.9 Å². The molecule has 0 aliphatic carbocycles. The molecule has 2 heterocycles. The molecule has 0 radical (unpaired) electrons. The lowest BCUT2D eigenvalue weighted by Crippen LogP contribution is -2.21. The summed E-state index contributed by atoms with van der Waals surface area (Å²) in [4.78, 5) is 14.4. The van der Waals surface area contributed by atoms with E-state index in [1.807, 2.05) is 0 Å². The molecule has 0 bridgehead atoms. The molecular formula is C22H22F3N3O6S2. The zero-order chi connectivity index (χ0) is 26.8. The molecule has 194 valence electrons. The number of aliphatic carboxylic acids is 1. The molecule has 14 heteroatoms. The fourth-order valence-electron chi connectivity index (χ4n) is 3.43. The summed E-state index contributed by atoms with van der Waals surface area (Å²) in [5.74, 6) is -0.480. The SMILES string of the molecule is CN=C(C=C(N)c1ccc(S(=O)(=O)n2cc(CCC(=O)O)c3cc(OC)c(OC)cc32)s1)C(F)(F)F. The lowest BCUT2D eigenvalue weighted by Gasteiger charge is -2.10. The summed E-state index contributed by atoms with van der Waals surface area (Å²) in [5.41, 5.74) is 4.95. The van der Waals surface area contributed by atoms with Crippen LogP contribution in [0.15, 0.2) is 45.7 Å². The second-order valence-corrected chi connectivity index (χ2v) is 10.5. The van der Waals surface area contributed by atoms with Crippen LogP contribution in [0.3, 0.4) is 0 Å². The lowest BCUT2D eigenvalue weighted by atomic mass is 10.1. The number of alkyl halides is 3. The van der Waals surface area contributed by atoms with Crippen molar-refractivity contribution in [1.29, 1.82) is 0 Å². The number of methoxy groups -OCH3 is 2. The third-order valence-electron chi connectivity index (χ3n) is 5.17. The van der Waals surface area contributed by atoms with E-state index >= 15 is 0 Å². The minimum Gasteiger partial charge on any atom is -0.493 e. The molecule has 3 aromatic rings. The van der Waals surface area contributed by atoms with E-state index in [2.05, 4.69) is 4.99 Å². The van der Waals surface area contributed by atoms with Gasteiger partial charge in [0.2, 0.25) is 0 Å². The molecule has 0 aliphatic heterocycles. The topological polar surface area (TPSA) is 133 Å². The Kier molecular flexibility index (Phi) is 7.69. The van der Waals surface area contributed by atoms with Gasteiger partial charge in [0.15, 0.2) is 11.5 Å². The molecule has 36 heavy (non-hydrogen) atoms. The fraction of sp³-hybridized carbons (Fsp3) is 0.273. The van der Waals surface area contributed by atoms with Crippen molar-refractivity contribution in [2.45, 2.75) is 23.2 Å². The van der Waals surface area contributed by atoms with Gasteiger partial charge in [0.1, 0.15) is 9.92 Å². The highest BCUT2D eigenvalue weighted by Gasteiger charge is 2.34. The molecule has 0 fully saturated rings. The van der Waals surface area contributed by atoms with Crippen LogP contribution in [0.5, 0.6) is 11.5 Å². The van der Waals surface area contributed by atoms with Crippen LogP contribution in [0.25, 0.3) is 16.6 Å². The van der Waals surface area contributed by atoms with Crippen molar-refractivity contribution in [3.63, 3.8) is 0 Å². The maximum atomic E-state index is 13.5. The summed E-state index contributed by atoms with van der Waals surface area (Å²) in [6.45, 7) is 0. The number of nitrogens with two attached hydrogens (primary N) is 1. The number of carboxylic acids is 1. The van der Waals surface area contributed by atoms with Crippen LogP contribution in [0.1, 0.15) is 16.9 Å². The van der Waals surface area contributed by atoms with Gasteiger partial charge in [-0.05, 0) is 36.3 Å². The van der Waals surface area contributed by atoms with Crippen LogP contribution < -0.4 is 15.2 Å². The zero-order valence-corrected chi connectivity index (χ0v) is 20.9. The Hall–Kier alpha value is -3.52. The Bertz CT molecular complexity index is 1470. The first-order valence-electron chi connectivity index (χ1n) is 10.2. The number of aromatic nitrogens is 1. The Morgan fingerprint density at radius 2 is 1.86 bits per heavy atom. The number of carbonyl (C=O) groups is 1. The van der Waals surface area contributed by atoms with Gasteiger partial charge < -0.3 is 20.3 Å². The number of allylic oxidation sites excluding steroid dienone is 1. The standard InChI is InChI=1S/C22H22F3N3O6S2/c1-27-19(22(23,24)25)9-14(26)18-5-7-21(35-18)36(31,32)28-11-12(4-6-20(29)30)13-8-16(33-2)17(34-3)10-15(13)28/h5,7-11H,4,6,26H2,1-3H3,(H,29,30). The third kappa shape index (κ3) is 5.33. The molecule has 0 atom stereocenters. The monoisotopic (exact) mass is 545 g/mol. The quantitative estimate of drug-likeness (QED) is 0.390. The summed E-state index contributed by atoms with van der Waals surface area (Å²) in [7, 11) is -0.484. The number of fused-ring (bicyclic) bond motifs is 1. The van der Waals surface area contributed by atoms with E-state index in [0.29, 0.717) is 34.1 Å². The number of rotatable bonds is 9. The lowest BCUT2D eigenvalue weighted by molar-refractivity contribution is -0.136. The molecule has 0 unspecified atom stereocenters. The molecule has 9 nitrogen and oxygen atoms in total. The molecule has 0 amide bonds. The van der Waals surface area contributed by atoms with Crippen molar-refractivity contribution in [2.24, 2.45) is 10.7 Å². The molecular weight excluding hydrogens is 523 g/mol. The molecule has 2 aromatic heterocycles. The normalized spacial score (nSPS) is 13.3. The number of aryl methyl sites for hydroxylation is 1.